The van der Waals surface area contributed by atoms with E-state index in [1.807, 2.05) is 0 Å². The van der Waals surface area contributed by atoms with Crippen LogP contribution in [0.25, 0.3) is 6.08 Å². The normalized spacial score (nSPS) is 17.4. The van der Waals surface area contributed by atoms with Gasteiger partial charge < -0.3 is 0 Å². The summed E-state index contributed by atoms with van der Waals surface area (Å²) in [6.07, 6.45) is 1.62. The van der Waals surface area contributed by atoms with Gasteiger partial charge in [0.15, 0.2) is 0 Å². The first-order valence-electron chi connectivity index (χ1n) is 5.37. The molecule has 0 spiro atoms. The number of amides is 1. The Kier molecular flexibility index (Phi) is 3.68. The second-order valence-corrected chi connectivity index (χ2v) is 5.72. The van der Waals surface area contributed by atoms with Crippen molar-refractivity contribution in [2.45, 2.75) is 6.92 Å². The fourth-order valence-electron chi connectivity index (χ4n) is 1.61. The summed E-state index contributed by atoms with van der Waals surface area (Å²) in [5.74, 6) is -0.182. The van der Waals surface area contributed by atoms with Gasteiger partial charge >= 0.3 is 0 Å². The summed E-state index contributed by atoms with van der Waals surface area (Å²) in [5, 5.41) is 10.9. The molecule has 98 valence electrons. The van der Waals surface area contributed by atoms with Crippen LogP contribution >= 0.6 is 24.0 Å². The van der Waals surface area contributed by atoms with Gasteiger partial charge in [0, 0.05) is 18.7 Å². The lowest BCUT2D eigenvalue weighted by molar-refractivity contribution is -0.385. The van der Waals surface area contributed by atoms with Crippen molar-refractivity contribution in [2.24, 2.45) is 0 Å². The van der Waals surface area contributed by atoms with Gasteiger partial charge in [-0.05, 0) is 18.6 Å². The predicted octanol–water partition coefficient (Wildman–Crippen LogP) is 2.73. The van der Waals surface area contributed by atoms with Gasteiger partial charge in [-0.3, -0.25) is 19.8 Å². The monoisotopic (exact) mass is 294 g/mol. The van der Waals surface area contributed by atoms with E-state index in [1.54, 1.807) is 32.2 Å². The topological polar surface area (TPSA) is 63.5 Å². The van der Waals surface area contributed by atoms with Gasteiger partial charge in [-0.15, -0.1) is 0 Å². The van der Waals surface area contributed by atoms with E-state index in [1.165, 1.54) is 22.7 Å². The van der Waals surface area contributed by atoms with Crippen LogP contribution in [-0.2, 0) is 4.79 Å². The molecule has 1 aromatic rings. The standard InChI is InChI=1S/C12H10N2O3S2/c1-7-3-4-8(5-9(7)14(16)17)6-10-11(15)13(2)12(18)19-10/h3-6H,1-2H3/b10-6+. The number of nitro benzene ring substituents is 1. The SMILES string of the molecule is Cc1ccc(/C=C2/SC(=S)N(C)C2=O)cc1[N+](=O)[O-]. The molecule has 2 rings (SSSR count). The van der Waals surface area contributed by atoms with Crippen molar-refractivity contribution in [1.82, 2.24) is 4.90 Å². The maximum atomic E-state index is 11.8. The third kappa shape index (κ3) is 2.66. The number of carbonyl (C=O) groups excluding carboxylic acids is 1. The number of nitrogens with zero attached hydrogens (tertiary/aromatic N) is 2. The maximum absolute atomic E-state index is 11.8. The highest BCUT2D eigenvalue weighted by molar-refractivity contribution is 8.26. The number of rotatable bonds is 2. The lowest BCUT2D eigenvalue weighted by Crippen LogP contribution is -2.22. The Bertz CT molecular complexity index is 625. The summed E-state index contributed by atoms with van der Waals surface area (Å²) in [6.45, 7) is 1.67. The highest BCUT2D eigenvalue weighted by Crippen LogP contribution is 2.32. The molecule has 1 aliphatic rings. The number of nitro groups is 1. The highest BCUT2D eigenvalue weighted by Gasteiger charge is 2.28. The first-order chi connectivity index (χ1) is 8.90. The quantitative estimate of drug-likeness (QED) is 0.363. The maximum Gasteiger partial charge on any atom is 0.272 e. The van der Waals surface area contributed by atoms with E-state index in [-0.39, 0.29) is 11.6 Å². The lowest BCUT2D eigenvalue weighted by Gasteiger charge is -2.03. The molecule has 5 nitrogen and oxygen atoms in total. The zero-order chi connectivity index (χ0) is 14.2. The lowest BCUT2D eigenvalue weighted by atomic mass is 10.1. The average Bonchev–Trinajstić information content (AvgIpc) is 2.59. The minimum Gasteiger partial charge on any atom is -0.296 e. The Hall–Kier alpha value is -1.73. The summed E-state index contributed by atoms with van der Waals surface area (Å²) < 4.78 is 0.484. The first-order valence-corrected chi connectivity index (χ1v) is 6.59. The summed E-state index contributed by atoms with van der Waals surface area (Å²) in [7, 11) is 1.61. The molecule has 0 aromatic heterocycles. The summed E-state index contributed by atoms with van der Waals surface area (Å²) >= 11 is 6.21. The van der Waals surface area contributed by atoms with E-state index in [4.69, 9.17) is 12.2 Å². The highest BCUT2D eigenvalue weighted by atomic mass is 32.2. The third-order valence-electron chi connectivity index (χ3n) is 2.71. The number of thioether (sulfide) groups is 1. The second kappa shape index (κ2) is 5.10. The van der Waals surface area contributed by atoms with Crippen LogP contribution in [0.2, 0.25) is 0 Å². The van der Waals surface area contributed by atoms with Crippen LogP contribution in [0, 0.1) is 17.0 Å². The van der Waals surface area contributed by atoms with Gasteiger partial charge in [-0.1, -0.05) is 36.1 Å². The fraction of sp³-hybridized carbons (Fsp3) is 0.167. The van der Waals surface area contributed by atoms with Gasteiger partial charge in [0.25, 0.3) is 11.6 Å². The van der Waals surface area contributed by atoms with Gasteiger partial charge in [0.1, 0.15) is 4.32 Å². The van der Waals surface area contributed by atoms with E-state index in [0.29, 0.717) is 20.4 Å². The number of hydrogen-bond acceptors (Lipinski definition) is 5. The molecule has 0 atom stereocenters. The molecule has 1 aliphatic heterocycles. The molecule has 0 unspecified atom stereocenters. The van der Waals surface area contributed by atoms with Gasteiger partial charge in [-0.2, -0.15) is 0 Å². The first kappa shape index (κ1) is 13.7. The molecule has 1 fully saturated rings. The molecule has 0 radical (unpaired) electrons. The van der Waals surface area contributed by atoms with Gasteiger partial charge in [0.2, 0.25) is 0 Å². The van der Waals surface area contributed by atoms with Crippen molar-refractivity contribution in [3.63, 3.8) is 0 Å². The van der Waals surface area contributed by atoms with Crippen LogP contribution in [0.15, 0.2) is 23.1 Å². The van der Waals surface area contributed by atoms with Crippen LogP contribution < -0.4 is 0 Å². The smallest absolute Gasteiger partial charge is 0.272 e. The molecule has 0 N–H and O–H groups in total. The number of carbonyl (C=O) groups is 1. The summed E-state index contributed by atoms with van der Waals surface area (Å²) in [5.41, 5.74) is 1.25. The second-order valence-electron chi connectivity index (χ2n) is 4.04. The average molecular weight is 294 g/mol. The molecular formula is C12H10N2O3S2. The minimum absolute atomic E-state index is 0.0423. The Balaban J connectivity index is 2.39. The Labute approximate surface area is 119 Å². The van der Waals surface area contributed by atoms with E-state index in [0.717, 1.165) is 0 Å². The molecule has 0 saturated carbocycles. The molecule has 1 aromatic carbocycles. The predicted molar refractivity (Wildman–Crippen MR) is 78.8 cm³/mol. The number of thiocarbonyl (C=S) groups is 1. The van der Waals surface area contributed by atoms with Crippen LogP contribution in [0.5, 0.6) is 0 Å². The van der Waals surface area contributed by atoms with Crippen LogP contribution in [0.1, 0.15) is 11.1 Å². The van der Waals surface area contributed by atoms with Crippen molar-refractivity contribution >= 4 is 46.0 Å². The van der Waals surface area contributed by atoms with E-state index < -0.39 is 4.92 Å². The van der Waals surface area contributed by atoms with Crippen molar-refractivity contribution in [2.75, 3.05) is 7.05 Å². The fourth-order valence-corrected chi connectivity index (χ4v) is 2.79. The van der Waals surface area contributed by atoms with Crippen molar-refractivity contribution in [3.05, 3.63) is 44.3 Å². The van der Waals surface area contributed by atoms with Crippen LogP contribution in [0.3, 0.4) is 0 Å². The summed E-state index contributed by atoms with van der Waals surface area (Å²) in [6, 6.07) is 4.86. The Morgan fingerprint density at radius 1 is 1.47 bits per heavy atom. The third-order valence-corrected chi connectivity index (χ3v) is 4.20. The van der Waals surface area contributed by atoms with E-state index in [2.05, 4.69) is 0 Å². The Morgan fingerprint density at radius 2 is 2.16 bits per heavy atom. The molecule has 1 saturated heterocycles. The summed E-state index contributed by atoms with van der Waals surface area (Å²) in [4.78, 5) is 24.1. The molecule has 0 aliphatic carbocycles. The van der Waals surface area contributed by atoms with Crippen molar-refractivity contribution < 1.29 is 9.72 Å². The molecule has 19 heavy (non-hydrogen) atoms. The van der Waals surface area contributed by atoms with Crippen LogP contribution in [-0.4, -0.2) is 27.1 Å². The van der Waals surface area contributed by atoms with Crippen LogP contribution in [0.4, 0.5) is 5.69 Å². The largest absolute Gasteiger partial charge is 0.296 e. The minimum atomic E-state index is -0.433. The molecule has 0 bridgehead atoms. The van der Waals surface area contributed by atoms with Gasteiger partial charge in [0.05, 0.1) is 9.83 Å². The zero-order valence-corrected chi connectivity index (χ0v) is 11.9. The molecule has 1 heterocycles. The molecule has 7 heteroatoms. The van der Waals surface area contributed by atoms with E-state index >= 15 is 0 Å². The van der Waals surface area contributed by atoms with Gasteiger partial charge in [-0.25, -0.2) is 0 Å². The number of benzene rings is 1. The van der Waals surface area contributed by atoms with E-state index in [9.17, 15) is 14.9 Å². The zero-order valence-electron chi connectivity index (χ0n) is 10.2. The molecule has 1 amide bonds. The number of aryl methyl sites for hydroxylation is 1. The number of likely N-dealkylation sites (N-methyl/N-ethyl adjacent to an activating group) is 1. The van der Waals surface area contributed by atoms with Crippen molar-refractivity contribution in [1.29, 1.82) is 0 Å². The van der Waals surface area contributed by atoms with Crippen molar-refractivity contribution in [3.8, 4) is 0 Å². The Morgan fingerprint density at radius 3 is 2.68 bits per heavy atom. The number of hydrogen-bond donors (Lipinski definition) is 0. The molecular weight excluding hydrogens is 284 g/mol.